The zero-order valence-corrected chi connectivity index (χ0v) is 10.0. The van der Waals surface area contributed by atoms with E-state index < -0.39 is 0 Å². The van der Waals surface area contributed by atoms with E-state index in [1.165, 1.54) is 0 Å². The minimum absolute atomic E-state index is 0.00754. The van der Waals surface area contributed by atoms with Crippen LogP contribution in [0.1, 0.15) is 26.3 Å². The van der Waals surface area contributed by atoms with Crippen molar-refractivity contribution in [3.63, 3.8) is 0 Å². The number of para-hydroxylation sites is 1. The van der Waals surface area contributed by atoms with Crippen molar-refractivity contribution in [2.75, 3.05) is 6.61 Å². The van der Waals surface area contributed by atoms with E-state index >= 15 is 0 Å². The Hall–Kier alpha value is -1.35. The summed E-state index contributed by atoms with van der Waals surface area (Å²) in [7, 11) is 0. The standard InChI is InChI=1S/C13H19NO2/c1-13(2,3)12(9-15)14-8-10-6-4-5-7-11(10)16/h4-8,12,15-16H,9H2,1-3H3/t12-/m1/s1. The van der Waals surface area contributed by atoms with Crippen molar-refractivity contribution >= 4 is 6.21 Å². The van der Waals surface area contributed by atoms with Crippen LogP contribution in [0.15, 0.2) is 29.3 Å². The van der Waals surface area contributed by atoms with Gasteiger partial charge in [-0.3, -0.25) is 4.99 Å². The number of hydrogen-bond acceptors (Lipinski definition) is 3. The third-order valence-electron chi connectivity index (χ3n) is 2.50. The van der Waals surface area contributed by atoms with E-state index in [1.807, 2.05) is 26.8 Å². The molecule has 0 radical (unpaired) electrons. The van der Waals surface area contributed by atoms with Crippen molar-refractivity contribution < 1.29 is 10.2 Å². The maximum absolute atomic E-state index is 9.55. The Labute approximate surface area is 96.5 Å². The number of phenolic OH excluding ortho intramolecular Hbond substituents is 1. The van der Waals surface area contributed by atoms with Gasteiger partial charge >= 0.3 is 0 Å². The second-order valence-corrected chi connectivity index (χ2v) is 4.90. The fraction of sp³-hybridized carbons (Fsp3) is 0.462. The SMILES string of the molecule is CC(C)(C)[C@@H](CO)N=Cc1ccccc1O. The highest BCUT2D eigenvalue weighted by Gasteiger charge is 2.22. The van der Waals surface area contributed by atoms with Crippen LogP contribution < -0.4 is 0 Å². The first kappa shape index (κ1) is 12.7. The maximum Gasteiger partial charge on any atom is 0.124 e. The number of phenols is 1. The number of benzene rings is 1. The average Bonchev–Trinajstić information content (AvgIpc) is 2.19. The molecule has 1 atom stereocenters. The van der Waals surface area contributed by atoms with Crippen LogP contribution >= 0.6 is 0 Å². The van der Waals surface area contributed by atoms with Gasteiger partial charge in [0.2, 0.25) is 0 Å². The number of aliphatic hydroxyl groups is 1. The molecule has 1 aromatic carbocycles. The van der Waals surface area contributed by atoms with Gasteiger partial charge in [0.1, 0.15) is 5.75 Å². The summed E-state index contributed by atoms with van der Waals surface area (Å²) in [5, 5.41) is 18.8. The smallest absolute Gasteiger partial charge is 0.124 e. The highest BCUT2D eigenvalue weighted by atomic mass is 16.3. The molecular weight excluding hydrogens is 202 g/mol. The highest BCUT2D eigenvalue weighted by molar-refractivity contribution is 5.83. The zero-order valence-electron chi connectivity index (χ0n) is 10.0. The van der Waals surface area contributed by atoms with Crippen LogP contribution in [0, 0.1) is 5.41 Å². The quantitative estimate of drug-likeness (QED) is 0.769. The Kier molecular flexibility index (Phi) is 4.07. The van der Waals surface area contributed by atoms with Crippen LogP contribution in [0.25, 0.3) is 0 Å². The topological polar surface area (TPSA) is 52.8 Å². The van der Waals surface area contributed by atoms with Gasteiger partial charge in [-0.05, 0) is 17.5 Å². The molecule has 1 aromatic rings. The molecule has 0 aliphatic rings. The number of nitrogens with zero attached hydrogens (tertiary/aromatic N) is 1. The van der Waals surface area contributed by atoms with Crippen LogP contribution in [-0.2, 0) is 0 Å². The lowest BCUT2D eigenvalue weighted by Gasteiger charge is -2.25. The minimum Gasteiger partial charge on any atom is -0.507 e. The van der Waals surface area contributed by atoms with Crippen LogP contribution in [0.2, 0.25) is 0 Å². The summed E-state index contributed by atoms with van der Waals surface area (Å²) < 4.78 is 0. The first-order valence-corrected chi connectivity index (χ1v) is 5.37. The van der Waals surface area contributed by atoms with Gasteiger partial charge < -0.3 is 10.2 Å². The van der Waals surface area contributed by atoms with Gasteiger partial charge in [0.15, 0.2) is 0 Å². The normalized spacial score (nSPS) is 14.2. The molecule has 16 heavy (non-hydrogen) atoms. The number of aromatic hydroxyl groups is 1. The van der Waals surface area contributed by atoms with Gasteiger partial charge in [-0.1, -0.05) is 32.9 Å². The predicted molar refractivity (Wildman–Crippen MR) is 66.0 cm³/mol. The van der Waals surface area contributed by atoms with E-state index in [2.05, 4.69) is 4.99 Å². The van der Waals surface area contributed by atoms with Gasteiger partial charge in [0, 0.05) is 11.8 Å². The molecule has 0 spiro atoms. The second-order valence-electron chi connectivity index (χ2n) is 4.90. The second kappa shape index (κ2) is 5.12. The van der Waals surface area contributed by atoms with Gasteiger partial charge in [-0.25, -0.2) is 0 Å². The molecule has 3 heteroatoms. The summed E-state index contributed by atoms with van der Waals surface area (Å²) in [5.41, 5.74) is 0.584. The molecule has 0 amide bonds. The molecular formula is C13H19NO2. The fourth-order valence-electron chi connectivity index (χ4n) is 1.31. The van der Waals surface area contributed by atoms with Gasteiger partial charge in [-0.2, -0.15) is 0 Å². The van der Waals surface area contributed by atoms with Gasteiger partial charge in [-0.15, -0.1) is 0 Å². The van der Waals surface area contributed by atoms with Crippen LogP contribution in [0.5, 0.6) is 5.75 Å². The van der Waals surface area contributed by atoms with E-state index in [0.29, 0.717) is 5.56 Å². The number of aliphatic imine (C=N–C) groups is 1. The van der Waals surface area contributed by atoms with E-state index in [0.717, 1.165) is 0 Å². The van der Waals surface area contributed by atoms with Crippen molar-refractivity contribution in [1.29, 1.82) is 0 Å². The molecule has 0 aromatic heterocycles. The van der Waals surface area contributed by atoms with Crippen molar-refractivity contribution in [1.82, 2.24) is 0 Å². The maximum atomic E-state index is 9.55. The van der Waals surface area contributed by atoms with E-state index in [9.17, 15) is 10.2 Å². The zero-order chi connectivity index (χ0) is 12.2. The molecule has 0 aliphatic heterocycles. The Balaban J connectivity index is 2.84. The first-order valence-electron chi connectivity index (χ1n) is 5.37. The molecule has 0 unspecified atom stereocenters. The average molecular weight is 221 g/mol. The van der Waals surface area contributed by atoms with Crippen molar-refractivity contribution in [3.8, 4) is 5.75 Å². The third-order valence-corrected chi connectivity index (χ3v) is 2.50. The molecule has 0 aliphatic carbocycles. The Morgan fingerprint density at radius 2 is 1.94 bits per heavy atom. The van der Waals surface area contributed by atoms with Crippen molar-refractivity contribution in [2.24, 2.45) is 10.4 Å². The van der Waals surface area contributed by atoms with E-state index in [-0.39, 0.29) is 23.8 Å². The summed E-state index contributed by atoms with van der Waals surface area (Å²) in [6, 6.07) is 6.85. The predicted octanol–water partition coefficient (Wildman–Crippen LogP) is 2.22. The number of rotatable bonds is 3. The molecule has 2 N–H and O–H groups in total. The highest BCUT2D eigenvalue weighted by Crippen LogP contribution is 2.22. The van der Waals surface area contributed by atoms with Crippen molar-refractivity contribution in [2.45, 2.75) is 26.8 Å². The summed E-state index contributed by atoms with van der Waals surface area (Å²) in [6.45, 7) is 6.08. The molecule has 0 bridgehead atoms. The van der Waals surface area contributed by atoms with Crippen LogP contribution in [0.4, 0.5) is 0 Å². The van der Waals surface area contributed by atoms with E-state index in [1.54, 1.807) is 24.4 Å². The fourth-order valence-corrected chi connectivity index (χ4v) is 1.31. The van der Waals surface area contributed by atoms with Crippen LogP contribution in [-0.4, -0.2) is 29.1 Å². The van der Waals surface area contributed by atoms with Gasteiger partial charge in [0.25, 0.3) is 0 Å². The largest absolute Gasteiger partial charge is 0.507 e. The number of hydrogen-bond donors (Lipinski definition) is 2. The number of aliphatic hydroxyl groups excluding tert-OH is 1. The molecule has 1 rings (SSSR count). The molecule has 88 valence electrons. The van der Waals surface area contributed by atoms with Crippen molar-refractivity contribution in [3.05, 3.63) is 29.8 Å². The molecule has 0 heterocycles. The lowest BCUT2D eigenvalue weighted by molar-refractivity contribution is 0.191. The third kappa shape index (κ3) is 3.35. The first-order chi connectivity index (χ1) is 7.45. The lowest BCUT2D eigenvalue weighted by Crippen LogP contribution is -2.28. The summed E-state index contributed by atoms with van der Waals surface area (Å²) in [5.74, 6) is 0.205. The molecule has 0 saturated carbocycles. The lowest BCUT2D eigenvalue weighted by atomic mass is 9.88. The van der Waals surface area contributed by atoms with Gasteiger partial charge in [0.05, 0.1) is 12.6 Å². The van der Waals surface area contributed by atoms with E-state index in [4.69, 9.17) is 0 Å². The van der Waals surface area contributed by atoms with Crippen LogP contribution in [0.3, 0.4) is 0 Å². The molecule has 3 nitrogen and oxygen atoms in total. The summed E-state index contributed by atoms with van der Waals surface area (Å²) in [4.78, 5) is 4.31. The monoisotopic (exact) mass is 221 g/mol. The Bertz CT molecular complexity index is 366. The Morgan fingerprint density at radius 1 is 1.31 bits per heavy atom. The molecule has 0 saturated heterocycles. The summed E-state index contributed by atoms with van der Waals surface area (Å²) >= 11 is 0. The minimum atomic E-state index is -0.160. The Morgan fingerprint density at radius 3 is 2.44 bits per heavy atom. The molecule has 0 fully saturated rings. The summed E-state index contributed by atoms with van der Waals surface area (Å²) in [6.07, 6.45) is 1.61.